The van der Waals surface area contributed by atoms with Crippen LogP contribution >= 0.6 is 0 Å². The molecule has 2 rings (SSSR count). The molecule has 2 aliphatic heterocycles. The third-order valence-electron chi connectivity index (χ3n) is 3.64. The third kappa shape index (κ3) is 3.16. The maximum absolute atomic E-state index is 5.80. The molecule has 15 heavy (non-hydrogen) atoms. The van der Waals surface area contributed by atoms with Crippen LogP contribution in [0.1, 0.15) is 32.6 Å². The Hall–Kier alpha value is -0.120. The minimum absolute atomic E-state index is 0.329. The lowest BCUT2D eigenvalue weighted by Crippen LogP contribution is -2.61. The minimum atomic E-state index is 0.329. The number of likely N-dealkylation sites (tertiary alicyclic amines) is 2. The standard InChI is InChI=1S/C12H25N3/c1-11(13)8-14-9-12(10-14)15-6-4-2-3-5-7-15/h11-12H,2-10,13H2,1H3. The zero-order valence-electron chi connectivity index (χ0n) is 9.99. The van der Waals surface area contributed by atoms with Crippen molar-refractivity contribution < 1.29 is 0 Å². The van der Waals surface area contributed by atoms with Crippen LogP contribution in [0.15, 0.2) is 0 Å². The van der Waals surface area contributed by atoms with Crippen molar-refractivity contribution in [1.29, 1.82) is 0 Å². The summed E-state index contributed by atoms with van der Waals surface area (Å²) in [7, 11) is 0. The van der Waals surface area contributed by atoms with Gasteiger partial charge in [-0.15, -0.1) is 0 Å². The normalized spacial score (nSPS) is 28.4. The lowest BCUT2D eigenvalue weighted by molar-refractivity contribution is 0.0333. The van der Waals surface area contributed by atoms with Crippen molar-refractivity contribution in [3.63, 3.8) is 0 Å². The Morgan fingerprint density at radius 3 is 2.27 bits per heavy atom. The average Bonchev–Trinajstić information content (AvgIpc) is 2.38. The molecule has 0 aliphatic carbocycles. The molecule has 2 aliphatic rings. The summed E-state index contributed by atoms with van der Waals surface area (Å²) >= 11 is 0. The van der Waals surface area contributed by atoms with Gasteiger partial charge in [0.1, 0.15) is 0 Å². The van der Waals surface area contributed by atoms with Crippen molar-refractivity contribution in [3.8, 4) is 0 Å². The summed E-state index contributed by atoms with van der Waals surface area (Å²) in [5.74, 6) is 0. The van der Waals surface area contributed by atoms with Crippen molar-refractivity contribution in [3.05, 3.63) is 0 Å². The topological polar surface area (TPSA) is 32.5 Å². The maximum Gasteiger partial charge on any atom is 0.0350 e. The van der Waals surface area contributed by atoms with Gasteiger partial charge in [0.05, 0.1) is 0 Å². The summed E-state index contributed by atoms with van der Waals surface area (Å²) in [6, 6.07) is 1.16. The largest absolute Gasteiger partial charge is 0.327 e. The Morgan fingerprint density at radius 1 is 1.13 bits per heavy atom. The van der Waals surface area contributed by atoms with Gasteiger partial charge in [-0.05, 0) is 32.9 Å². The van der Waals surface area contributed by atoms with Crippen molar-refractivity contribution in [2.45, 2.75) is 44.7 Å². The van der Waals surface area contributed by atoms with E-state index >= 15 is 0 Å². The van der Waals surface area contributed by atoms with E-state index in [2.05, 4.69) is 16.7 Å². The van der Waals surface area contributed by atoms with E-state index in [1.807, 2.05) is 0 Å². The zero-order valence-corrected chi connectivity index (χ0v) is 9.99. The SMILES string of the molecule is CC(N)CN1CC(N2CCCCCC2)C1. The van der Waals surface area contributed by atoms with Crippen LogP contribution in [0.5, 0.6) is 0 Å². The highest BCUT2D eigenvalue weighted by Gasteiger charge is 2.31. The van der Waals surface area contributed by atoms with E-state index in [1.54, 1.807) is 0 Å². The van der Waals surface area contributed by atoms with Gasteiger partial charge in [-0.1, -0.05) is 12.8 Å². The second kappa shape index (κ2) is 5.28. The molecule has 0 amide bonds. The smallest absolute Gasteiger partial charge is 0.0350 e. The van der Waals surface area contributed by atoms with E-state index in [-0.39, 0.29) is 0 Å². The third-order valence-corrected chi connectivity index (χ3v) is 3.64. The summed E-state index contributed by atoms with van der Waals surface area (Å²) in [6.45, 7) is 8.33. The first-order valence-corrected chi connectivity index (χ1v) is 6.47. The Balaban J connectivity index is 1.68. The molecule has 0 aromatic heterocycles. The van der Waals surface area contributed by atoms with Gasteiger partial charge in [-0.3, -0.25) is 9.80 Å². The van der Waals surface area contributed by atoms with Crippen molar-refractivity contribution in [2.75, 3.05) is 32.7 Å². The second-order valence-electron chi connectivity index (χ2n) is 5.30. The summed E-state index contributed by atoms with van der Waals surface area (Å²) in [6.07, 6.45) is 5.69. The van der Waals surface area contributed by atoms with Crippen LogP contribution in [0, 0.1) is 0 Å². The first kappa shape index (κ1) is 11.4. The molecule has 3 nitrogen and oxygen atoms in total. The molecule has 0 spiro atoms. The number of rotatable bonds is 3. The quantitative estimate of drug-likeness (QED) is 0.752. The summed E-state index contributed by atoms with van der Waals surface area (Å²) in [5.41, 5.74) is 5.80. The number of nitrogens with two attached hydrogens (primary N) is 1. The van der Waals surface area contributed by atoms with Crippen LogP contribution in [0.4, 0.5) is 0 Å². The molecule has 2 fully saturated rings. The highest BCUT2D eigenvalue weighted by atomic mass is 15.3. The van der Waals surface area contributed by atoms with Crippen LogP contribution in [0.3, 0.4) is 0 Å². The van der Waals surface area contributed by atoms with E-state index in [9.17, 15) is 0 Å². The average molecular weight is 211 g/mol. The molecular weight excluding hydrogens is 186 g/mol. The lowest BCUT2D eigenvalue weighted by Gasteiger charge is -2.46. The molecule has 3 heteroatoms. The highest BCUT2D eigenvalue weighted by Crippen LogP contribution is 2.19. The van der Waals surface area contributed by atoms with E-state index in [1.165, 1.54) is 51.9 Å². The highest BCUT2D eigenvalue weighted by molar-refractivity contribution is 4.89. The Kier molecular flexibility index (Phi) is 4.00. The van der Waals surface area contributed by atoms with Gasteiger partial charge in [0.25, 0.3) is 0 Å². The van der Waals surface area contributed by atoms with Crippen molar-refractivity contribution >= 4 is 0 Å². The molecule has 2 saturated heterocycles. The minimum Gasteiger partial charge on any atom is -0.327 e. The first-order chi connectivity index (χ1) is 7.25. The van der Waals surface area contributed by atoms with Gasteiger partial charge < -0.3 is 5.73 Å². The Bertz CT molecular complexity index is 179. The molecule has 88 valence electrons. The molecule has 0 aromatic carbocycles. The predicted octanol–water partition coefficient (Wildman–Crippen LogP) is 0.894. The van der Waals surface area contributed by atoms with Crippen LogP contribution < -0.4 is 5.73 Å². The monoisotopic (exact) mass is 211 g/mol. The molecule has 2 N–H and O–H groups in total. The molecule has 1 atom stereocenters. The maximum atomic E-state index is 5.80. The fourth-order valence-corrected chi connectivity index (χ4v) is 2.79. The molecule has 0 aromatic rings. The fourth-order valence-electron chi connectivity index (χ4n) is 2.79. The number of hydrogen-bond donors (Lipinski definition) is 1. The summed E-state index contributed by atoms with van der Waals surface area (Å²) in [5, 5.41) is 0. The summed E-state index contributed by atoms with van der Waals surface area (Å²) in [4.78, 5) is 5.19. The first-order valence-electron chi connectivity index (χ1n) is 6.47. The van der Waals surface area contributed by atoms with Gasteiger partial charge in [-0.2, -0.15) is 0 Å². The molecule has 0 saturated carbocycles. The van der Waals surface area contributed by atoms with Gasteiger partial charge >= 0.3 is 0 Å². The van der Waals surface area contributed by atoms with E-state index in [0.717, 1.165) is 12.6 Å². The Labute approximate surface area is 93.6 Å². The molecule has 0 bridgehead atoms. The second-order valence-corrected chi connectivity index (χ2v) is 5.30. The van der Waals surface area contributed by atoms with Gasteiger partial charge in [-0.25, -0.2) is 0 Å². The fraction of sp³-hybridized carbons (Fsp3) is 1.00. The van der Waals surface area contributed by atoms with Gasteiger partial charge in [0.2, 0.25) is 0 Å². The van der Waals surface area contributed by atoms with Crippen LogP contribution in [0.2, 0.25) is 0 Å². The van der Waals surface area contributed by atoms with Gasteiger partial charge in [0.15, 0.2) is 0 Å². The van der Waals surface area contributed by atoms with Crippen LogP contribution in [0.25, 0.3) is 0 Å². The molecular formula is C12H25N3. The van der Waals surface area contributed by atoms with Crippen molar-refractivity contribution in [1.82, 2.24) is 9.80 Å². The lowest BCUT2D eigenvalue weighted by atomic mass is 10.1. The number of nitrogens with zero attached hydrogens (tertiary/aromatic N) is 2. The van der Waals surface area contributed by atoms with E-state index < -0.39 is 0 Å². The zero-order chi connectivity index (χ0) is 10.7. The van der Waals surface area contributed by atoms with E-state index in [0.29, 0.717) is 6.04 Å². The molecule has 0 radical (unpaired) electrons. The summed E-state index contributed by atoms with van der Waals surface area (Å²) < 4.78 is 0. The van der Waals surface area contributed by atoms with Crippen molar-refractivity contribution in [2.24, 2.45) is 5.73 Å². The molecule has 1 unspecified atom stereocenters. The van der Waals surface area contributed by atoms with Gasteiger partial charge in [0, 0.05) is 31.7 Å². The van der Waals surface area contributed by atoms with Crippen LogP contribution in [-0.2, 0) is 0 Å². The van der Waals surface area contributed by atoms with E-state index in [4.69, 9.17) is 5.73 Å². The molecule has 2 heterocycles. The number of hydrogen-bond acceptors (Lipinski definition) is 3. The Morgan fingerprint density at radius 2 is 1.73 bits per heavy atom. The van der Waals surface area contributed by atoms with Crippen LogP contribution in [-0.4, -0.2) is 54.6 Å². The predicted molar refractivity (Wildman–Crippen MR) is 63.9 cm³/mol.